The zero-order valence-electron chi connectivity index (χ0n) is 11.9. The zero-order chi connectivity index (χ0) is 14.6. The number of methoxy groups -OCH3 is 1. The number of rotatable bonds is 4. The third-order valence-electron chi connectivity index (χ3n) is 3.88. The van der Waals surface area contributed by atoms with Crippen molar-refractivity contribution in [3.63, 3.8) is 0 Å². The molecule has 1 fully saturated rings. The lowest BCUT2D eigenvalue weighted by Crippen LogP contribution is -2.41. The summed E-state index contributed by atoms with van der Waals surface area (Å²) in [5, 5.41) is 9.26. The summed E-state index contributed by atoms with van der Waals surface area (Å²) in [6.07, 6.45) is 3.73. The van der Waals surface area contributed by atoms with Crippen LogP contribution in [0.15, 0.2) is 18.2 Å². The monoisotopic (exact) mass is 294 g/mol. The molecule has 3 nitrogen and oxygen atoms in total. The van der Waals surface area contributed by atoms with Gasteiger partial charge in [-0.1, -0.05) is 6.07 Å². The van der Waals surface area contributed by atoms with Crippen LogP contribution in [-0.2, 0) is 6.54 Å². The smallest absolute Gasteiger partial charge is 0.165 e. The van der Waals surface area contributed by atoms with Crippen LogP contribution < -0.4 is 4.74 Å². The van der Waals surface area contributed by atoms with Crippen LogP contribution in [0.4, 0.5) is 4.39 Å². The first kappa shape index (κ1) is 15.1. The molecular weight excluding hydrogens is 275 g/mol. The zero-order valence-corrected chi connectivity index (χ0v) is 12.7. The van der Waals surface area contributed by atoms with Gasteiger partial charge in [-0.15, -0.1) is 11.8 Å². The van der Waals surface area contributed by atoms with Crippen LogP contribution in [0, 0.1) is 17.1 Å². The van der Waals surface area contributed by atoms with Gasteiger partial charge in [-0.05, 0) is 36.8 Å². The van der Waals surface area contributed by atoms with Crippen LogP contribution in [0.2, 0.25) is 0 Å². The number of thioether (sulfide) groups is 1. The van der Waals surface area contributed by atoms with Gasteiger partial charge in [-0.2, -0.15) is 5.26 Å². The Labute approximate surface area is 123 Å². The van der Waals surface area contributed by atoms with E-state index in [-0.39, 0.29) is 16.3 Å². The summed E-state index contributed by atoms with van der Waals surface area (Å²) in [7, 11) is 1.46. The fourth-order valence-electron chi connectivity index (χ4n) is 2.50. The maximum Gasteiger partial charge on any atom is 0.165 e. The molecule has 108 valence electrons. The van der Waals surface area contributed by atoms with E-state index in [1.807, 2.05) is 12.3 Å². The fraction of sp³-hybridized carbons (Fsp3) is 0.533. The van der Waals surface area contributed by atoms with Crippen molar-refractivity contribution in [2.24, 2.45) is 0 Å². The average molecular weight is 294 g/mol. The molecule has 1 aromatic rings. The van der Waals surface area contributed by atoms with Gasteiger partial charge in [0.15, 0.2) is 11.6 Å². The minimum atomic E-state index is -0.322. The molecule has 0 aromatic heterocycles. The SMILES string of the molecule is COc1ccc(CN2CCC(C#N)(SC)CC2)cc1F. The number of likely N-dealkylation sites (tertiary alicyclic amines) is 1. The van der Waals surface area contributed by atoms with Gasteiger partial charge in [0.2, 0.25) is 0 Å². The Morgan fingerprint density at radius 1 is 1.45 bits per heavy atom. The van der Waals surface area contributed by atoms with E-state index in [1.165, 1.54) is 13.2 Å². The van der Waals surface area contributed by atoms with Crippen molar-refractivity contribution in [1.82, 2.24) is 4.90 Å². The minimum Gasteiger partial charge on any atom is -0.494 e. The molecule has 0 N–H and O–H groups in total. The number of nitrogens with zero attached hydrogens (tertiary/aromatic N) is 2. The largest absolute Gasteiger partial charge is 0.494 e. The number of piperidine rings is 1. The highest BCUT2D eigenvalue weighted by atomic mass is 32.2. The molecule has 1 aliphatic heterocycles. The maximum atomic E-state index is 13.6. The number of hydrogen-bond acceptors (Lipinski definition) is 4. The van der Waals surface area contributed by atoms with Crippen molar-refractivity contribution in [2.75, 3.05) is 26.5 Å². The van der Waals surface area contributed by atoms with Crippen LogP contribution in [0.5, 0.6) is 5.75 Å². The number of nitriles is 1. The maximum absolute atomic E-state index is 13.6. The van der Waals surface area contributed by atoms with Crippen molar-refractivity contribution in [3.05, 3.63) is 29.6 Å². The molecule has 1 heterocycles. The second-order valence-corrected chi connectivity index (χ2v) is 6.24. The average Bonchev–Trinajstić information content (AvgIpc) is 2.49. The summed E-state index contributed by atoms with van der Waals surface area (Å²) in [6.45, 7) is 2.47. The summed E-state index contributed by atoms with van der Waals surface area (Å²) in [5.41, 5.74) is 0.942. The van der Waals surface area contributed by atoms with Crippen molar-refractivity contribution < 1.29 is 9.13 Å². The van der Waals surface area contributed by atoms with Crippen molar-refractivity contribution >= 4 is 11.8 Å². The van der Waals surface area contributed by atoms with Crippen LogP contribution in [0.1, 0.15) is 18.4 Å². The van der Waals surface area contributed by atoms with Crippen LogP contribution in [-0.4, -0.2) is 36.1 Å². The summed E-state index contributed by atoms with van der Waals surface area (Å²) < 4.78 is 18.3. The van der Waals surface area contributed by atoms with Gasteiger partial charge in [-0.3, -0.25) is 4.90 Å². The topological polar surface area (TPSA) is 36.3 Å². The molecule has 0 bridgehead atoms. The molecular formula is C15H19FN2OS. The predicted octanol–water partition coefficient (Wildman–Crippen LogP) is 3.06. The first-order chi connectivity index (χ1) is 9.62. The van der Waals surface area contributed by atoms with Crippen molar-refractivity contribution in [2.45, 2.75) is 24.1 Å². The highest BCUT2D eigenvalue weighted by molar-refractivity contribution is 8.00. The Balaban J connectivity index is 1.96. The lowest BCUT2D eigenvalue weighted by atomic mass is 9.97. The third-order valence-corrected chi connectivity index (χ3v) is 5.16. The van der Waals surface area contributed by atoms with Crippen molar-refractivity contribution in [1.29, 1.82) is 5.26 Å². The second kappa shape index (κ2) is 6.47. The Morgan fingerprint density at radius 3 is 2.65 bits per heavy atom. The van der Waals surface area contributed by atoms with Crippen LogP contribution >= 0.6 is 11.8 Å². The molecule has 0 radical (unpaired) electrons. The molecule has 0 atom stereocenters. The summed E-state index contributed by atoms with van der Waals surface area (Å²) in [5.74, 6) is -0.0456. The van der Waals surface area contributed by atoms with E-state index in [4.69, 9.17) is 4.74 Å². The van der Waals surface area contributed by atoms with Gasteiger partial charge >= 0.3 is 0 Å². The van der Waals surface area contributed by atoms with Gasteiger partial charge in [0, 0.05) is 19.6 Å². The normalized spacial score (nSPS) is 18.5. The molecule has 20 heavy (non-hydrogen) atoms. The van der Waals surface area contributed by atoms with Gasteiger partial charge in [0.1, 0.15) is 4.75 Å². The molecule has 0 unspecified atom stereocenters. The van der Waals surface area contributed by atoms with E-state index in [0.29, 0.717) is 0 Å². The standard InChI is InChI=1S/C15H19FN2OS/c1-19-14-4-3-12(9-13(14)16)10-18-7-5-15(11-17,20-2)6-8-18/h3-4,9H,5-8,10H2,1-2H3. The highest BCUT2D eigenvalue weighted by Crippen LogP contribution is 2.34. The second-order valence-electron chi connectivity index (χ2n) is 5.06. The third kappa shape index (κ3) is 3.25. The molecule has 0 amide bonds. The van der Waals surface area contributed by atoms with Gasteiger partial charge < -0.3 is 4.74 Å². The van der Waals surface area contributed by atoms with E-state index in [9.17, 15) is 9.65 Å². The van der Waals surface area contributed by atoms with Gasteiger partial charge in [-0.25, -0.2) is 4.39 Å². The molecule has 1 saturated heterocycles. The lowest BCUT2D eigenvalue weighted by molar-refractivity contribution is 0.209. The van der Waals surface area contributed by atoms with Crippen molar-refractivity contribution in [3.8, 4) is 11.8 Å². The number of hydrogen-bond donors (Lipinski definition) is 0. The first-order valence-corrected chi connectivity index (χ1v) is 7.86. The van der Waals surface area contributed by atoms with E-state index in [1.54, 1.807) is 17.8 Å². The predicted molar refractivity (Wildman–Crippen MR) is 79.3 cm³/mol. The van der Waals surface area contributed by atoms with E-state index < -0.39 is 0 Å². The molecule has 2 rings (SSSR count). The molecule has 0 aliphatic carbocycles. The minimum absolute atomic E-state index is 0.234. The van der Waals surface area contributed by atoms with Gasteiger partial charge in [0.05, 0.1) is 13.2 Å². The Bertz CT molecular complexity index is 507. The molecule has 1 aromatic carbocycles. The first-order valence-electron chi connectivity index (χ1n) is 6.63. The van der Waals surface area contributed by atoms with Crippen LogP contribution in [0.3, 0.4) is 0 Å². The highest BCUT2D eigenvalue weighted by Gasteiger charge is 2.33. The Hall–Kier alpha value is -1.25. The molecule has 0 saturated carbocycles. The van der Waals surface area contributed by atoms with E-state index >= 15 is 0 Å². The molecule has 5 heteroatoms. The summed E-state index contributed by atoms with van der Waals surface area (Å²) in [4.78, 5) is 2.27. The Kier molecular flexibility index (Phi) is 4.90. The molecule has 1 aliphatic rings. The fourth-order valence-corrected chi connectivity index (χ4v) is 3.18. The summed E-state index contributed by atoms with van der Waals surface area (Å²) in [6, 6.07) is 7.52. The Morgan fingerprint density at radius 2 is 2.15 bits per heavy atom. The van der Waals surface area contributed by atoms with E-state index in [0.717, 1.165) is 38.0 Å². The number of ether oxygens (including phenoxy) is 1. The molecule has 0 spiro atoms. The lowest BCUT2D eigenvalue weighted by Gasteiger charge is -2.36. The number of benzene rings is 1. The summed E-state index contributed by atoms with van der Waals surface area (Å²) >= 11 is 1.64. The number of halogens is 1. The van der Waals surface area contributed by atoms with Gasteiger partial charge in [0.25, 0.3) is 0 Å². The quantitative estimate of drug-likeness (QED) is 0.855. The van der Waals surface area contributed by atoms with Crippen LogP contribution in [0.25, 0.3) is 0 Å². The van der Waals surface area contributed by atoms with E-state index in [2.05, 4.69) is 11.0 Å².